The first-order chi connectivity index (χ1) is 8.77. The van der Waals surface area contributed by atoms with Crippen LogP contribution in [0, 0.1) is 0 Å². The smallest absolute Gasteiger partial charge is 0.307 e. The molecule has 0 bridgehead atoms. The van der Waals surface area contributed by atoms with Crippen molar-refractivity contribution >= 4 is 5.97 Å². The van der Waals surface area contributed by atoms with Crippen molar-refractivity contribution in [2.75, 3.05) is 19.7 Å². The van der Waals surface area contributed by atoms with Gasteiger partial charge in [-0.25, -0.2) is 0 Å². The molecule has 0 aliphatic carbocycles. The highest BCUT2D eigenvalue weighted by Crippen LogP contribution is 2.17. The highest BCUT2D eigenvalue weighted by molar-refractivity contribution is 5.70. The Bertz CT molecular complexity index is 341. The molecule has 0 heterocycles. The predicted molar refractivity (Wildman–Crippen MR) is 72.1 cm³/mol. The average molecular weight is 250 g/mol. The molecule has 0 aliphatic rings. The molecule has 1 atom stereocenters. The van der Waals surface area contributed by atoms with Gasteiger partial charge in [-0.1, -0.05) is 30.3 Å². The Kier molecular flexibility index (Phi) is 7.06. The van der Waals surface area contributed by atoms with Crippen molar-refractivity contribution in [1.29, 1.82) is 0 Å². The molecule has 0 amide bonds. The van der Waals surface area contributed by atoms with E-state index >= 15 is 0 Å². The van der Waals surface area contributed by atoms with Gasteiger partial charge in [-0.2, -0.15) is 0 Å². The summed E-state index contributed by atoms with van der Waals surface area (Å²) in [6.45, 7) is 3.68. The normalized spacial score (nSPS) is 12.1. The van der Waals surface area contributed by atoms with E-state index in [1.165, 1.54) is 0 Å². The molecule has 4 heteroatoms. The third kappa shape index (κ3) is 5.29. The van der Waals surface area contributed by atoms with Gasteiger partial charge in [0.05, 0.1) is 13.0 Å². The van der Waals surface area contributed by atoms with Crippen LogP contribution in [0.15, 0.2) is 30.3 Å². The summed E-state index contributed by atoms with van der Waals surface area (Å²) in [5.74, 6) is -0.174. The number of rotatable bonds is 8. The predicted octanol–water partition coefficient (Wildman–Crippen LogP) is 1.62. The third-order valence-corrected chi connectivity index (χ3v) is 2.65. The molecule has 0 fully saturated rings. The van der Waals surface area contributed by atoms with Gasteiger partial charge >= 0.3 is 5.97 Å². The van der Waals surface area contributed by atoms with Crippen LogP contribution < -0.4 is 11.1 Å². The lowest BCUT2D eigenvalue weighted by Crippen LogP contribution is -2.26. The molecule has 1 unspecified atom stereocenters. The van der Waals surface area contributed by atoms with Crippen LogP contribution in [-0.4, -0.2) is 25.7 Å². The van der Waals surface area contributed by atoms with Crippen molar-refractivity contribution in [3.05, 3.63) is 35.9 Å². The lowest BCUT2D eigenvalue weighted by Gasteiger charge is -2.18. The van der Waals surface area contributed by atoms with Crippen LogP contribution in [0.3, 0.4) is 0 Å². The van der Waals surface area contributed by atoms with Crippen LogP contribution in [0.2, 0.25) is 0 Å². The summed E-state index contributed by atoms with van der Waals surface area (Å²) in [6, 6.07) is 9.93. The first-order valence-electron chi connectivity index (χ1n) is 6.42. The van der Waals surface area contributed by atoms with Gasteiger partial charge in [-0.3, -0.25) is 4.79 Å². The molecule has 1 rings (SSSR count). The molecular formula is C14H22N2O2. The molecule has 18 heavy (non-hydrogen) atoms. The number of hydrogen-bond donors (Lipinski definition) is 2. The van der Waals surface area contributed by atoms with Crippen LogP contribution in [0.4, 0.5) is 0 Å². The second-order valence-electron chi connectivity index (χ2n) is 4.07. The first-order valence-corrected chi connectivity index (χ1v) is 6.42. The van der Waals surface area contributed by atoms with Crippen molar-refractivity contribution in [3.63, 3.8) is 0 Å². The van der Waals surface area contributed by atoms with Gasteiger partial charge in [-0.05, 0) is 32.0 Å². The standard InChI is InChI=1S/C14H22N2O2/c1-2-18-14(17)11-13(16-10-6-9-15)12-7-4-3-5-8-12/h3-5,7-8,13,16H,2,6,9-11,15H2,1H3. The Labute approximate surface area is 109 Å². The lowest BCUT2D eigenvalue weighted by molar-refractivity contribution is -0.143. The number of hydrogen-bond acceptors (Lipinski definition) is 4. The summed E-state index contributed by atoms with van der Waals surface area (Å²) in [7, 11) is 0. The molecule has 0 spiro atoms. The summed E-state index contributed by atoms with van der Waals surface area (Å²) in [5, 5.41) is 3.35. The summed E-state index contributed by atoms with van der Waals surface area (Å²) in [5.41, 5.74) is 6.57. The van der Waals surface area contributed by atoms with Gasteiger partial charge in [-0.15, -0.1) is 0 Å². The molecule has 0 saturated heterocycles. The maximum Gasteiger partial charge on any atom is 0.307 e. The highest BCUT2D eigenvalue weighted by Gasteiger charge is 2.15. The molecule has 0 saturated carbocycles. The zero-order valence-electron chi connectivity index (χ0n) is 10.9. The van der Waals surface area contributed by atoms with E-state index in [-0.39, 0.29) is 12.0 Å². The number of carbonyl (C=O) groups excluding carboxylic acids is 1. The SMILES string of the molecule is CCOC(=O)CC(NCCCN)c1ccccc1. The number of nitrogens with one attached hydrogen (secondary N) is 1. The molecule has 3 N–H and O–H groups in total. The van der Waals surface area contributed by atoms with Crippen molar-refractivity contribution < 1.29 is 9.53 Å². The second-order valence-corrected chi connectivity index (χ2v) is 4.07. The van der Waals surface area contributed by atoms with Crippen molar-refractivity contribution in [3.8, 4) is 0 Å². The fourth-order valence-electron chi connectivity index (χ4n) is 1.76. The Morgan fingerprint density at radius 2 is 2.11 bits per heavy atom. The zero-order valence-corrected chi connectivity index (χ0v) is 10.9. The van der Waals surface area contributed by atoms with Gasteiger partial charge < -0.3 is 15.8 Å². The van der Waals surface area contributed by atoms with E-state index in [0.717, 1.165) is 18.5 Å². The lowest BCUT2D eigenvalue weighted by atomic mass is 10.0. The minimum atomic E-state index is -0.174. The van der Waals surface area contributed by atoms with Crippen LogP contribution >= 0.6 is 0 Å². The third-order valence-electron chi connectivity index (χ3n) is 2.65. The van der Waals surface area contributed by atoms with Gasteiger partial charge in [0.1, 0.15) is 0 Å². The zero-order chi connectivity index (χ0) is 13.2. The second kappa shape index (κ2) is 8.66. The number of benzene rings is 1. The van der Waals surface area contributed by atoms with E-state index in [4.69, 9.17) is 10.5 Å². The molecule has 4 nitrogen and oxygen atoms in total. The number of nitrogens with two attached hydrogens (primary N) is 1. The van der Waals surface area contributed by atoms with Gasteiger partial charge in [0.15, 0.2) is 0 Å². The van der Waals surface area contributed by atoms with Crippen LogP contribution in [0.25, 0.3) is 0 Å². The quantitative estimate of drug-likeness (QED) is 0.543. The van der Waals surface area contributed by atoms with E-state index < -0.39 is 0 Å². The Morgan fingerprint density at radius 3 is 2.72 bits per heavy atom. The Morgan fingerprint density at radius 1 is 1.39 bits per heavy atom. The van der Waals surface area contributed by atoms with E-state index in [1.807, 2.05) is 37.3 Å². The van der Waals surface area contributed by atoms with Crippen molar-refractivity contribution in [2.24, 2.45) is 5.73 Å². The van der Waals surface area contributed by atoms with Gasteiger partial charge in [0.2, 0.25) is 0 Å². The monoisotopic (exact) mass is 250 g/mol. The van der Waals surface area contributed by atoms with Crippen LogP contribution in [-0.2, 0) is 9.53 Å². The maximum absolute atomic E-state index is 11.6. The molecule has 1 aromatic carbocycles. The summed E-state index contributed by atoms with van der Waals surface area (Å²) < 4.78 is 5.00. The summed E-state index contributed by atoms with van der Waals surface area (Å²) in [4.78, 5) is 11.6. The average Bonchev–Trinajstić information content (AvgIpc) is 2.39. The van der Waals surface area contributed by atoms with Crippen molar-refractivity contribution in [2.45, 2.75) is 25.8 Å². The molecule has 0 radical (unpaired) electrons. The minimum Gasteiger partial charge on any atom is -0.466 e. The van der Waals surface area contributed by atoms with Crippen molar-refractivity contribution in [1.82, 2.24) is 5.32 Å². The number of carbonyl (C=O) groups is 1. The molecule has 0 aliphatic heterocycles. The van der Waals surface area contributed by atoms with E-state index in [9.17, 15) is 4.79 Å². The topological polar surface area (TPSA) is 64.3 Å². The largest absolute Gasteiger partial charge is 0.466 e. The fraction of sp³-hybridized carbons (Fsp3) is 0.500. The van der Waals surface area contributed by atoms with E-state index in [2.05, 4.69) is 5.32 Å². The molecule has 1 aromatic rings. The van der Waals surface area contributed by atoms with Gasteiger partial charge in [0, 0.05) is 6.04 Å². The first kappa shape index (κ1) is 14.7. The number of ether oxygens (including phenoxy) is 1. The number of esters is 1. The Hall–Kier alpha value is -1.39. The summed E-state index contributed by atoms with van der Waals surface area (Å²) >= 11 is 0. The molecule has 0 aromatic heterocycles. The van der Waals surface area contributed by atoms with Crippen LogP contribution in [0.1, 0.15) is 31.4 Å². The van der Waals surface area contributed by atoms with Gasteiger partial charge in [0.25, 0.3) is 0 Å². The maximum atomic E-state index is 11.6. The molecule has 100 valence electrons. The van der Waals surface area contributed by atoms with Crippen LogP contribution in [0.5, 0.6) is 0 Å². The minimum absolute atomic E-state index is 0.00296. The van der Waals surface area contributed by atoms with E-state index in [0.29, 0.717) is 19.6 Å². The van der Waals surface area contributed by atoms with E-state index in [1.54, 1.807) is 0 Å². The highest BCUT2D eigenvalue weighted by atomic mass is 16.5. The summed E-state index contributed by atoms with van der Waals surface area (Å²) in [6.07, 6.45) is 1.24. The fourth-order valence-corrected chi connectivity index (χ4v) is 1.76. The molecular weight excluding hydrogens is 228 g/mol. The Balaban J connectivity index is 2.60.